The third-order valence-electron chi connectivity index (χ3n) is 4.59. The second-order valence-electron chi connectivity index (χ2n) is 6.28. The van der Waals surface area contributed by atoms with Crippen molar-refractivity contribution in [3.8, 4) is 11.4 Å². The number of carbonyl (C=O) groups excluding carboxylic acids is 1. The number of imidazole rings is 1. The Morgan fingerprint density at radius 2 is 1.71 bits per heavy atom. The normalized spacial score (nSPS) is 15.8. The molecule has 1 aliphatic rings. The van der Waals surface area contributed by atoms with Crippen LogP contribution in [0.5, 0.6) is 0 Å². The summed E-state index contributed by atoms with van der Waals surface area (Å²) in [6.07, 6.45) is 0. The first-order valence-corrected chi connectivity index (χ1v) is 8.24. The molecule has 122 valence electrons. The summed E-state index contributed by atoms with van der Waals surface area (Å²) in [4.78, 5) is 24.7. The van der Waals surface area contributed by atoms with Crippen molar-refractivity contribution in [1.82, 2.24) is 19.8 Å². The van der Waals surface area contributed by atoms with Gasteiger partial charge < -0.3 is 14.8 Å². The lowest BCUT2D eigenvalue weighted by Crippen LogP contribution is -2.47. The van der Waals surface area contributed by atoms with E-state index in [4.69, 9.17) is 0 Å². The maximum atomic E-state index is 12.6. The minimum absolute atomic E-state index is 0.110. The van der Waals surface area contributed by atoms with Crippen LogP contribution in [0, 0.1) is 0 Å². The Morgan fingerprint density at radius 3 is 2.42 bits per heavy atom. The van der Waals surface area contributed by atoms with E-state index in [1.807, 2.05) is 53.4 Å². The van der Waals surface area contributed by atoms with Gasteiger partial charge in [0.25, 0.3) is 5.91 Å². The van der Waals surface area contributed by atoms with E-state index in [9.17, 15) is 4.79 Å². The van der Waals surface area contributed by atoms with Crippen LogP contribution in [0.25, 0.3) is 22.4 Å². The molecule has 0 unspecified atom stereocenters. The van der Waals surface area contributed by atoms with Crippen LogP contribution in [0.15, 0.2) is 48.5 Å². The standard InChI is InChI=1S/C19H20N4O/c1-22-10-12-23(13-11-22)19(24)15-8-6-14(7-9-15)18-20-16-4-2-3-5-17(16)21-18/h2-9H,10-13H2,1H3,(H,20,21). The number of aromatic amines is 1. The smallest absolute Gasteiger partial charge is 0.253 e. The predicted molar refractivity (Wildman–Crippen MR) is 94.9 cm³/mol. The van der Waals surface area contributed by atoms with E-state index >= 15 is 0 Å². The van der Waals surface area contributed by atoms with Gasteiger partial charge in [-0.3, -0.25) is 4.79 Å². The summed E-state index contributed by atoms with van der Waals surface area (Å²) < 4.78 is 0. The van der Waals surface area contributed by atoms with Crippen LogP contribution in [0.1, 0.15) is 10.4 Å². The molecule has 0 spiro atoms. The largest absolute Gasteiger partial charge is 0.338 e. The molecule has 3 aromatic rings. The minimum atomic E-state index is 0.110. The van der Waals surface area contributed by atoms with Gasteiger partial charge in [0, 0.05) is 37.3 Å². The first-order valence-electron chi connectivity index (χ1n) is 8.24. The molecule has 0 radical (unpaired) electrons. The van der Waals surface area contributed by atoms with Crippen molar-refractivity contribution in [2.24, 2.45) is 0 Å². The van der Waals surface area contributed by atoms with E-state index in [1.54, 1.807) is 0 Å². The summed E-state index contributed by atoms with van der Waals surface area (Å²) in [5.41, 5.74) is 3.69. The number of H-pyrrole nitrogens is 1. The molecule has 1 fully saturated rings. The monoisotopic (exact) mass is 320 g/mol. The molecule has 5 nitrogen and oxygen atoms in total. The van der Waals surface area contributed by atoms with Crippen LogP contribution < -0.4 is 0 Å². The Bertz CT molecular complexity index is 827. The Morgan fingerprint density at radius 1 is 1.00 bits per heavy atom. The maximum absolute atomic E-state index is 12.6. The number of likely N-dealkylation sites (N-methyl/N-ethyl adjacent to an activating group) is 1. The van der Waals surface area contributed by atoms with E-state index in [2.05, 4.69) is 21.9 Å². The van der Waals surface area contributed by atoms with E-state index in [0.29, 0.717) is 0 Å². The Hall–Kier alpha value is -2.66. The summed E-state index contributed by atoms with van der Waals surface area (Å²) in [5.74, 6) is 0.939. The zero-order valence-corrected chi connectivity index (χ0v) is 13.7. The zero-order chi connectivity index (χ0) is 16.5. The van der Waals surface area contributed by atoms with Gasteiger partial charge in [0.1, 0.15) is 5.82 Å². The molecule has 0 saturated carbocycles. The molecule has 5 heteroatoms. The van der Waals surface area contributed by atoms with E-state index in [0.717, 1.165) is 54.2 Å². The van der Waals surface area contributed by atoms with Gasteiger partial charge in [0.05, 0.1) is 11.0 Å². The van der Waals surface area contributed by atoms with Crippen molar-refractivity contribution >= 4 is 16.9 Å². The number of nitrogens with one attached hydrogen (secondary N) is 1. The number of piperazine rings is 1. The van der Waals surface area contributed by atoms with Crippen LogP contribution in [0.4, 0.5) is 0 Å². The summed E-state index contributed by atoms with van der Waals surface area (Å²) in [6, 6.07) is 15.7. The molecule has 2 aromatic carbocycles. The van der Waals surface area contributed by atoms with E-state index in [-0.39, 0.29) is 5.91 Å². The number of carbonyl (C=O) groups is 1. The summed E-state index contributed by atoms with van der Waals surface area (Å²) in [6.45, 7) is 3.45. The van der Waals surface area contributed by atoms with Gasteiger partial charge in [-0.15, -0.1) is 0 Å². The van der Waals surface area contributed by atoms with Gasteiger partial charge >= 0.3 is 0 Å². The highest BCUT2D eigenvalue weighted by Gasteiger charge is 2.20. The molecule has 1 saturated heterocycles. The van der Waals surface area contributed by atoms with Gasteiger partial charge in [-0.2, -0.15) is 0 Å². The Labute approximate surface area is 140 Å². The van der Waals surface area contributed by atoms with Crippen LogP contribution in [0.3, 0.4) is 0 Å². The second-order valence-corrected chi connectivity index (χ2v) is 6.28. The fourth-order valence-electron chi connectivity index (χ4n) is 3.05. The van der Waals surface area contributed by atoms with Crippen LogP contribution >= 0.6 is 0 Å². The molecule has 1 aromatic heterocycles. The van der Waals surface area contributed by atoms with Crippen LogP contribution in [-0.4, -0.2) is 58.9 Å². The predicted octanol–water partition coefficient (Wildman–Crippen LogP) is 2.62. The number of para-hydroxylation sites is 2. The molecule has 0 aliphatic carbocycles. The van der Waals surface area contributed by atoms with E-state index < -0.39 is 0 Å². The summed E-state index contributed by atoms with van der Waals surface area (Å²) in [5, 5.41) is 0. The first-order chi connectivity index (χ1) is 11.7. The van der Waals surface area contributed by atoms with Gasteiger partial charge in [0.2, 0.25) is 0 Å². The number of aromatic nitrogens is 2. The number of rotatable bonds is 2. The van der Waals surface area contributed by atoms with Crippen molar-refractivity contribution in [2.75, 3.05) is 33.2 Å². The third-order valence-corrected chi connectivity index (χ3v) is 4.59. The number of hydrogen-bond acceptors (Lipinski definition) is 3. The molecule has 0 bridgehead atoms. The lowest BCUT2D eigenvalue weighted by molar-refractivity contribution is 0.0664. The number of benzene rings is 2. The second kappa shape index (κ2) is 6.09. The molecule has 1 amide bonds. The third kappa shape index (κ3) is 2.78. The van der Waals surface area contributed by atoms with Gasteiger partial charge in [-0.1, -0.05) is 24.3 Å². The van der Waals surface area contributed by atoms with Gasteiger partial charge in [-0.05, 0) is 31.3 Å². The Kier molecular flexibility index (Phi) is 3.78. The zero-order valence-electron chi connectivity index (χ0n) is 13.7. The first kappa shape index (κ1) is 14.9. The average Bonchev–Trinajstić information content (AvgIpc) is 3.06. The highest BCUT2D eigenvalue weighted by atomic mass is 16.2. The number of hydrogen-bond donors (Lipinski definition) is 1. The molecule has 2 heterocycles. The van der Waals surface area contributed by atoms with Crippen molar-refractivity contribution in [3.05, 3.63) is 54.1 Å². The number of nitrogens with zero attached hydrogens (tertiary/aromatic N) is 3. The molecule has 1 N–H and O–H groups in total. The maximum Gasteiger partial charge on any atom is 0.253 e. The lowest BCUT2D eigenvalue weighted by atomic mass is 10.1. The van der Waals surface area contributed by atoms with Crippen molar-refractivity contribution in [3.63, 3.8) is 0 Å². The Balaban J connectivity index is 1.55. The van der Waals surface area contributed by atoms with Crippen LogP contribution in [0.2, 0.25) is 0 Å². The molecular weight excluding hydrogens is 300 g/mol. The summed E-state index contributed by atoms with van der Waals surface area (Å²) >= 11 is 0. The molecular formula is C19H20N4O. The minimum Gasteiger partial charge on any atom is -0.338 e. The molecule has 0 atom stereocenters. The van der Waals surface area contributed by atoms with Gasteiger partial charge in [0.15, 0.2) is 0 Å². The van der Waals surface area contributed by atoms with Crippen LogP contribution in [-0.2, 0) is 0 Å². The summed E-state index contributed by atoms with van der Waals surface area (Å²) in [7, 11) is 2.09. The number of fused-ring (bicyclic) bond motifs is 1. The van der Waals surface area contributed by atoms with Crippen molar-refractivity contribution < 1.29 is 4.79 Å². The topological polar surface area (TPSA) is 52.2 Å². The lowest BCUT2D eigenvalue weighted by Gasteiger charge is -2.32. The van der Waals surface area contributed by atoms with Crippen molar-refractivity contribution in [1.29, 1.82) is 0 Å². The molecule has 24 heavy (non-hydrogen) atoms. The SMILES string of the molecule is CN1CCN(C(=O)c2ccc(-c3nc4ccccc4[nH]3)cc2)CC1. The highest BCUT2D eigenvalue weighted by Crippen LogP contribution is 2.21. The highest BCUT2D eigenvalue weighted by molar-refractivity contribution is 5.94. The average molecular weight is 320 g/mol. The van der Waals surface area contributed by atoms with E-state index in [1.165, 1.54) is 0 Å². The van der Waals surface area contributed by atoms with Crippen molar-refractivity contribution in [2.45, 2.75) is 0 Å². The molecule has 1 aliphatic heterocycles. The molecule has 4 rings (SSSR count). The quantitative estimate of drug-likeness (QED) is 0.790. The number of amides is 1. The fourth-order valence-corrected chi connectivity index (χ4v) is 3.05. The fraction of sp³-hybridized carbons (Fsp3) is 0.263. The van der Waals surface area contributed by atoms with Gasteiger partial charge in [-0.25, -0.2) is 4.98 Å².